The van der Waals surface area contributed by atoms with E-state index in [9.17, 15) is 0 Å². The minimum absolute atomic E-state index is 0.00745. The largest absolute Gasteiger partial charge is 0.368 e. The standard InChI is InChI=1S/C15H24N6O/c1-12(2)7-21-9-13(6-17-21)8-20-4-5-22-14(10-20)15-18-16-11-19(15)3/h6,9,11-12,14H,4-5,7-8,10H2,1-3H3/t14-/m1/s1. The fourth-order valence-electron chi connectivity index (χ4n) is 2.81. The molecule has 7 heteroatoms. The molecular weight excluding hydrogens is 280 g/mol. The number of aryl methyl sites for hydroxylation is 1. The summed E-state index contributed by atoms with van der Waals surface area (Å²) < 4.78 is 9.80. The molecule has 1 atom stereocenters. The van der Waals surface area contributed by atoms with Crippen molar-refractivity contribution in [2.75, 3.05) is 19.7 Å². The van der Waals surface area contributed by atoms with Crippen molar-refractivity contribution in [1.82, 2.24) is 29.4 Å². The van der Waals surface area contributed by atoms with Gasteiger partial charge in [-0.05, 0) is 5.92 Å². The quantitative estimate of drug-likeness (QED) is 0.832. The third kappa shape index (κ3) is 3.53. The minimum atomic E-state index is -0.00745. The molecule has 0 unspecified atom stereocenters. The Morgan fingerprint density at radius 2 is 2.27 bits per heavy atom. The van der Waals surface area contributed by atoms with Gasteiger partial charge in [-0.1, -0.05) is 13.8 Å². The molecule has 0 radical (unpaired) electrons. The monoisotopic (exact) mass is 304 g/mol. The zero-order valence-corrected chi connectivity index (χ0v) is 13.5. The molecule has 0 bridgehead atoms. The zero-order valence-electron chi connectivity index (χ0n) is 13.5. The van der Waals surface area contributed by atoms with Crippen molar-refractivity contribution < 1.29 is 4.74 Å². The normalized spacial score (nSPS) is 19.9. The molecule has 3 heterocycles. The van der Waals surface area contributed by atoms with E-state index in [-0.39, 0.29) is 6.10 Å². The molecular formula is C15H24N6O. The van der Waals surface area contributed by atoms with E-state index < -0.39 is 0 Å². The summed E-state index contributed by atoms with van der Waals surface area (Å²) in [6, 6.07) is 0. The molecule has 0 amide bonds. The smallest absolute Gasteiger partial charge is 0.163 e. The molecule has 0 spiro atoms. The van der Waals surface area contributed by atoms with Gasteiger partial charge >= 0.3 is 0 Å². The average molecular weight is 304 g/mol. The highest BCUT2D eigenvalue weighted by molar-refractivity contribution is 5.04. The second-order valence-electron chi connectivity index (χ2n) is 6.36. The predicted octanol–water partition coefficient (Wildman–Crippen LogP) is 1.24. The van der Waals surface area contributed by atoms with Gasteiger partial charge in [0.1, 0.15) is 12.4 Å². The second kappa shape index (κ2) is 6.58. The molecule has 2 aromatic rings. The second-order valence-corrected chi connectivity index (χ2v) is 6.36. The fourth-order valence-corrected chi connectivity index (χ4v) is 2.81. The van der Waals surface area contributed by atoms with Crippen LogP contribution in [0.25, 0.3) is 0 Å². The predicted molar refractivity (Wildman–Crippen MR) is 82.0 cm³/mol. The van der Waals surface area contributed by atoms with Gasteiger partial charge in [-0.2, -0.15) is 5.10 Å². The lowest BCUT2D eigenvalue weighted by Crippen LogP contribution is -2.38. The van der Waals surface area contributed by atoms with Crippen LogP contribution in [0.15, 0.2) is 18.7 Å². The van der Waals surface area contributed by atoms with E-state index in [1.165, 1.54) is 5.56 Å². The number of hydrogen-bond acceptors (Lipinski definition) is 5. The number of aromatic nitrogens is 5. The Balaban J connectivity index is 1.61. The van der Waals surface area contributed by atoms with Crippen LogP contribution in [0.1, 0.15) is 31.3 Å². The van der Waals surface area contributed by atoms with Gasteiger partial charge in [-0.15, -0.1) is 10.2 Å². The summed E-state index contributed by atoms with van der Waals surface area (Å²) in [5.41, 5.74) is 1.25. The molecule has 1 fully saturated rings. The summed E-state index contributed by atoms with van der Waals surface area (Å²) in [4.78, 5) is 2.39. The lowest BCUT2D eigenvalue weighted by atomic mass is 10.2. The van der Waals surface area contributed by atoms with Crippen LogP contribution in [-0.4, -0.2) is 49.1 Å². The third-order valence-corrected chi connectivity index (χ3v) is 3.83. The fraction of sp³-hybridized carbons (Fsp3) is 0.667. The Labute approximate surface area is 130 Å². The summed E-state index contributed by atoms with van der Waals surface area (Å²) in [6.45, 7) is 8.76. The van der Waals surface area contributed by atoms with Crippen LogP contribution in [0.2, 0.25) is 0 Å². The lowest BCUT2D eigenvalue weighted by Gasteiger charge is -2.31. The van der Waals surface area contributed by atoms with Crippen LogP contribution in [0.3, 0.4) is 0 Å². The third-order valence-electron chi connectivity index (χ3n) is 3.83. The van der Waals surface area contributed by atoms with Crippen molar-refractivity contribution in [2.45, 2.75) is 33.0 Å². The van der Waals surface area contributed by atoms with Gasteiger partial charge in [-0.3, -0.25) is 9.58 Å². The molecule has 120 valence electrons. The molecule has 1 aliphatic rings. The Hall–Kier alpha value is -1.73. The summed E-state index contributed by atoms with van der Waals surface area (Å²) >= 11 is 0. The zero-order chi connectivity index (χ0) is 15.5. The summed E-state index contributed by atoms with van der Waals surface area (Å²) in [5, 5.41) is 12.5. The summed E-state index contributed by atoms with van der Waals surface area (Å²) in [5.74, 6) is 1.50. The average Bonchev–Trinajstić information content (AvgIpc) is 3.08. The van der Waals surface area contributed by atoms with Gasteiger partial charge in [-0.25, -0.2) is 0 Å². The Bertz CT molecular complexity index is 605. The van der Waals surface area contributed by atoms with E-state index in [0.29, 0.717) is 5.92 Å². The van der Waals surface area contributed by atoms with Crippen LogP contribution in [0.5, 0.6) is 0 Å². The van der Waals surface area contributed by atoms with Gasteiger partial charge in [0.15, 0.2) is 5.82 Å². The first-order chi connectivity index (χ1) is 10.6. The Morgan fingerprint density at radius 3 is 3.00 bits per heavy atom. The number of ether oxygens (including phenoxy) is 1. The highest BCUT2D eigenvalue weighted by atomic mass is 16.5. The van der Waals surface area contributed by atoms with E-state index in [2.05, 4.69) is 40.2 Å². The van der Waals surface area contributed by atoms with Crippen molar-refractivity contribution in [3.05, 3.63) is 30.1 Å². The molecule has 0 aliphatic carbocycles. The van der Waals surface area contributed by atoms with Crippen LogP contribution >= 0.6 is 0 Å². The molecule has 22 heavy (non-hydrogen) atoms. The van der Waals surface area contributed by atoms with Crippen molar-refractivity contribution in [3.8, 4) is 0 Å². The molecule has 0 saturated carbocycles. The van der Waals surface area contributed by atoms with E-state index in [4.69, 9.17) is 4.74 Å². The summed E-state index contributed by atoms with van der Waals surface area (Å²) in [6.07, 6.45) is 5.82. The van der Waals surface area contributed by atoms with Crippen molar-refractivity contribution >= 4 is 0 Å². The van der Waals surface area contributed by atoms with E-state index in [1.54, 1.807) is 6.33 Å². The molecule has 1 aliphatic heterocycles. The number of rotatable bonds is 5. The number of nitrogens with zero attached hydrogens (tertiary/aromatic N) is 6. The van der Waals surface area contributed by atoms with Gasteiger partial charge in [0.05, 0.1) is 12.8 Å². The maximum Gasteiger partial charge on any atom is 0.163 e. The molecule has 0 N–H and O–H groups in total. The van der Waals surface area contributed by atoms with E-state index in [0.717, 1.165) is 38.6 Å². The first-order valence-corrected chi connectivity index (χ1v) is 7.81. The van der Waals surface area contributed by atoms with Gasteiger partial charge < -0.3 is 9.30 Å². The van der Waals surface area contributed by atoms with Crippen LogP contribution in [0, 0.1) is 5.92 Å². The van der Waals surface area contributed by atoms with Crippen molar-refractivity contribution in [3.63, 3.8) is 0 Å². The molecule has 7 nitrogen and oxygen atoms in total. The Kier molecular flexibility index (Phi) is 4.54. The molecule has 1 saturated heterocycles. The highest BCUT2D eigenvalue weighted by Gasteiger charge is 2.25. The minimum Gasteiger partial charge on any atom is -0.368 e. The maximum atomic E-state index is 5.84. The van der Waals surface area contributed by atoms with Gasteiger partial charge in [0.2, 0.25) is 0 Å². The van der Waals surface area contributed by atoms with Crippen LogP contribution in [-0.2, 0) is 24.9 Å². The number of morpholine rings is 1. The lowest BCUT2D eigenvalue weighted by molar-refractivity contribution is -0.0385. The molecule has 0 aromatic carbocycles. The Morgan fingerprint density at radius 1 is 1.41 bits per heavy atom. The first-order valence-electron chi connectivity index (χ1n) is 7.81. The highest BCUT2D eigenvalue weighted by Crippen LogP contribution is 2.21. The topological polar surface area (TPSA) is 61.0 Å². The van der Waals surface area contributed by atoms with Crippen molar-refractivity contribution in [2.24, 2.45) is 13.0 Å². The molecule has 2 aromatic heterocycles. The van der Waals surface area contributed by atoms with E-state index in [1.807, 2.05) is 22.5 Å². The van der Waals surface area contributed by atoms with Crippen molar-refractivity contribution in [1.29, 1.82) is 0 Å². The van der Waals surface area contributed by atoms with Crippen LogP contribution in [0.4, 0.5) is 0 Å². The van der Waals surface area contributed by atoms with Gasteiger partial charge in [0, 0.05) is 45.0 Å². The summed E-state index contributed by atoms with van der Waals surface area (Å²) in [7, 11) is 1.95. The van der Waals surface area contributed by atoms with E-state index >= 15 is 0 Å². The SMILES string of the molecule is CC(C)Cn1cc(CN2CCO[C@@H](c3nncn3C)C2)cn1. The molecule has 3 rings (SSSR count). The maximum absolute atomic E-state index is 5.84. The van der Waals surface area contributed by atoms with Gasteiger partial charge in [0.25, 0.3) is 0 Å². The first kappa shape index (κ1) is 15.2. The van der Waals surface area contributed by atoms with Crippen LogP contribution < -0.4 is 0 Å². The number of hydrogen-bond donors (Lipinski definition) is 0.